The highest BCUT2D eigenvalue weighted by molar-refractivity contribution is 7.20. The van der Waals surface area contributed by atoms with E-state index < -0.39 is 11.4 Å². The number of aryl methyl sites for hydroxylation is 1. The van der Waals surface area contributed by atoms with Gasteiger partial charge in [0.1, 0.15) is 4.83 Å². The second kappa shape index (κ2) is 5.88. The van der Waals surface area contributed by atoms with Gasteiger partial charge >= 0.3 is 5.97 Å². The average Bonchev–Trinajstić information content (AvgIpc) is 3.07. The standard InChI is InChI=1S/C17H23N3O3S/c1-10(2)13-11-8-12(24-15(11)19(4)18-13)14(21)20-7-5-6-17(3,9-20)16(22)23/h8,10H,5-7,9H2,1-4H3,(H,22,23). The lowest BCUT2D eigenvalue weighted by molar-refractivity contribution is -0.150. The fraction of sp³-hybridized carbons (Fsp3) is 0.588. The highest BCUT2D eigenvalue weighted by Gasteiger charge is 2.39. The zero-order chi connectivity index (χ0) is 17.6. The Morgan fingerprint density at radius 2 is 2.12 bits per heavy atom. The molecule has 130 valence electrons. The number of amides is 1. The molecule has 0 aliphatic carbocycles. The van der Waals surface area contributed by atoms with E-state index in [1.165, 1.54) is 11.3 Å². The fourth-order valence-electron chi connectivity index (χ4n) is 3.34. The quantitative estimate of drug-likeness (QED) is 0.924. The molecule has 0 radical (unpaired) electrons. The third-order valence-corrected chi connectivity index (χ3v) is 5.99. The Labute approximate surface area is 145 Å². The topological polar surface area (TPSA) is 75.4 Å². The van der Waals surface area contributed by atoms with Gasteiger partial charge < -0.3 is 10.0 Å². The first-order valence-corrected chi connectivity index (χ1v) is 9.03. The van der Waals surface area contributed by atoms with Crippen LogP contribution in [0, 0.1) is 5.41 Å². The predicted molar refractivity (Wildman–Crippen MR) is 93.6 cm³/mol. The molecule has 3 rings (SSSR count). The monoisotopic (exact) mass is 349 g/mol. The van der Waals surface area contributed by atoms with Crippen LogP contribution in [0.1, 0.15) is 54.9 Å². The van der Waals surface area contributed by atoms with E-state index in [0.717, 1.165) is 22.3 Å². The minimum atomic E-state index is -0.852. The van der Waals surface area contributed by atoms with Crippen molar-refractivity contribution >= 4 is 33.4 Å². The number of likely N-dealkylation sites (tertiary alicyclic amines) is 1. The highest BCUT2D eigenvalue weighted by Crippen LogP contribution is 2.34. The number of carboxylic acid groups (broad SMARTS) is 1. The van der Waals surface area contributed by atoms with Gasteiger partial charge in [-0.05, 0) is 31.7 Å². The molecule has 1 N–H and O–H groups in total. The summed E-state index contributed by atoms with van der Waals surface area (Å²) in [4.78, 5) is 27.7. The summed E-state index contributed by atoms with van der Waals surface area (Å²) in [6.07, 6.45) is 1.33. The van der Waals surface area contributed by atoms with Crippen molar-refractivity contribution in [3.05, 3.63) is 16.6 Å². The lowest BCUT2D eigenvalue weighted by Crippen LogP contribution is -2.48. The van der Waals surface area contributed by atoms with Crippen molar-refractivity contribution in [1.82, 2.24) is 14.7 Å². The third-order valence-electron chi connectivity index (χ3n) is 4.80. The largest absolute Gasteiger partial charge is 0.481 e. The molecule has 7 heteroatoms. The van der Waals surface area contributed by atoms with Gasteiger partial charge in [0.05, 0.1) is 16.0 Å². The molecule has 1 saturated heterocycles. The van der Waals surface area contributed by atoms with Crippen molar-refractivity contribution in [2.75, 3.05) is 13.1 Å². The number of rotatable bonds is 3. The zero-order valence-corrected chi connectivity index (χ0v) is 15.3. The number of carboxylic acids is 1. The Bertz CT molecular complexity index is 807. The predicted octanol–water partition coefficient (Wildman–Crippen LogP) is 3.09. The second-order valence-electron chi connectivity index (χ2n) is 7.19. The van der Waals surface area contributed by atoms with Gasteiger partial charge in [-0.15, -0.1) is 11.3 Å². The van der Waals surface area contributed by atoms with Crippen LogP contribution in [0.25, 0.3) is 10.2 Å². The Balaban J connectivity index is 1.91. The van der Waals surface area contributed by atoms with E-state index in [9.17, 15) is 14.7 Å². The molecule has 1 amide bonds. The number of aromatic nitrogens is 2. The molecule has 2 aromatic rings. The summed E-state index contributed by atoms with van der Waals surface area (Å²) in [5, 5.41) is 15.0. The number of hydrogen-bond acceptors (Lipinski definition) is 4. The Kier molecular flexibility index (Phi) is 4.15. The Morgan fingerprint density at radius 1 is 1.42 bits per heavy atom. The molecule has 6 nitrogen and oxygen atoms in total. The van der Waals surface area contributed by atoms with Gasteiger partial charge in [0, 0.05) is 25.5 Å². The molecule has 0 saturated carbocycles. The van der Waals surface area contributed by atoms with Crippen molar-refractivity contribution in [3.63, 3.8) is 0 Å². The molecule has 0 bridgehead atoms. The molecule has 1 aliphatic heterocycles. The zero-order valence-electron chi connectivity index (χ0n) is 14.5. The second-order valence-corrected chi connectivity index (χ2v) is 8.22. The molecule has 1 atom stereocenters. The van der Waals surface area contributed by atoms with Crippen LogP contribution in [0.2, 0.25) is 0 Å². The maximum atomic E-state index is 12.9. The van der Waals surface area contributed by atoms with Crippen LogP contribution in [0.4, 0.5) is 0 Å². The van der Waals surface area contributed by atoms with Gasteiger partial charge in [0.25, 0.3) is 5.91 Å². The van der Waals surface area contributed by atoms with Gasteiger partial charge in [-0.2, -0.15) is 5.10 Å². The summed E-state index contributed by atoms with van der Waals surface area (Å²) < 4.78 is 1.82. The minimum Gasteiger partial charge on any atom is -0.481 e. The summed E-state index contributed by atoms with van der Waals surface area (Å²) in [5.41, 5.74) is 0.145. The summed E-state index contributed by atoms with van der Waals surface area (Å²) in [6.45, 7) is 6.78. The van der Waals surface area contributed by atoms with Crippen LogP contribution in [0.15, 0.2) is 6.07 Å². The van der Waals surface area contributed by atoms with Gasteiger partial charge in [0.15, 0.2) is 0 Å². The number of hydrogen-bond donors (Lipinski definition) is 1. The number of carbonyl (C=O) groups is 2. The lowest BCUT2D eigenvalue weighted by atomic mass is 9.82. The number of fused-ring (bicyclic) bond motifs is 1. The maximum absolute atomic E-state index is 12.9. The van der Waals surface area contributed by atoms with Gasteiger partial charge in [-0.1, -0.05) is 13.8 Å². The molecule has 0 spiro atoms. The average molecular weight is 349 g/mol. The number of piperidine rings is 1. The Hall–Kier alpha value is -1.89. The van der Waals surface area contributed by atoms with Crippen LogP contribution < -0.4 is 0 Å². The number of carbonyl (C=O) groups excluding carboxylic acids is 1. The maximum Gasteiger partial charge on any atom is 0.311 e. The van der Waals surface area contributed by atoms with Crippen LogP contribution >= 0.6 is 11.3 Å². The van der Waals surface area contributed by atoms with Gasteiger partial charge in [-0.3, -0.25) is 14.3 Å². The molecule has 2 aromatic heterocycles. The first kappa shape index (κ1) is 17.0. The molecule has 24 heavy (non-hydrogen) atoms. The van der Waals surface area contributed by atoms with E-state index in [1.807, 2.05) is 17.8 Å². The molecule has 0 aromatic carbocycles. The van der Waals surface area contributed by atoms with Crippen LogP contribution in [0.3, 0.4) is 0 Å². The Morgan fingerprint density at radius 3 is 2.75 bits per heavy atom. The van der Waals surface area contributed by atoms with Crippen LogP contribution in [0.5, 0.6) is 0 Å². The van der Waals surface area contributed by atoms with E-state index in [-0.39, 0.29) is 18.4 Å². The normalized spacial score (nSPS) is 21.6. The smallest absolute Gasteiger partial charge is 0.311 e. The third kappa shape index (κ3) is 2.70. The number of thiophene rings is 1. The summed E-state index contributed by atoms with van der Waals surface area (Å²) >= 11 is 1.43. The van der Waals surface area contributed by atoms with Crippen molar-refractivity contribution < 1.29 is 14.7 Å². The minimum absolute atomic E-state index is 0.0712. The molecule has 1 fully saturated rings. The van der Waals surface area contributed by atoms with E-state index in [4.69, 9.17) is 0 Å². The molecule has 3 heterocycles. The number of nitrogens with zero attached hydrogens (tertiary/aromatic N) is 3. The summed E-state index contributed by atoms with van der Waals surface area (Å²) in [7, 11) is 1.89. The molecule has 1 unspecified atom stereocenters. The van der Waals surface area contributed by atoms with E-state index in [0.29, 0.717) is 17.8 Å². The molecule has 1 aliphatic rings. The molecular formula is C17H23N3O3S. The van der Waals surface area contributed by atoms with Crippen LogP contribution in [-0.2, 0) is 11.8 Å². The van der Waals surface area contributed by atoms with Crippen LogP contribution in [-0.4, -0.2) is 44.8 Å². The summed E-state index contributed by atoms with van der Waals surface area (Å²) in [5.74, 6) is -0.614. The van der Waals surface area contributed by atoms with Gasteiger partial charge in [-0.25, -0.2) is 0 Å². The first-order chi connectivity index (χ1) is 11.2. The van der Waals surface area contributed by atoms with Crippen molar-refractivity contribution in [1.29, 1.82) is 0 Å². The van der Waals surface area contributed by atoms with Gasteiger partial charge in [0.2, 0.25) is 0 Å². The van der Waals surface area contributed by atoms with Crippen molar-refractivity contribution in [2.24, 2.45) is 12.5 Å². The fourth-order valence-corrected chi connectivity index (χ4v) is 4.39. The lowest BCUT2D eigenvalue weighted by Gasteiger charge is -2.37. The highest BCUT2D eigenvalue weighted by atomic mass is 32.1. The van der Waals surface area contributed by atoms with E-state index >= 15 is 0 Å². The SMILES string of the molecule is CC(C)c1nn(C)c2sc(C(=O)N3CCCC(C)(C(=O)O)C3)cc12. The molecular weight excluding hydrogens is 326 g/mol. The summed E-state index contributed by atoms with van der Waals surface area (Å²) in [6, 6.07) is 1.91. The first-order valence-electron chi connectivity index (χ1n) is 8.22. The van der Waals surface area contributed by atoms with E-state index in [2.05, 4.69) is 18.9 Å². The van der Waals surface area contributed by atoms with Crippen molar-refractivity contribution in [2.45, 2.75) is 39.5 Å². The van der Waals surface area contributed by atoms with E-state index in [1.54, 1.807) is 11.8 Å². The van der Waals surface area contributed by atoms with Crippen molar-refractivity contribution in [3.8, 4) is 0 Å². The number of aliphatic carboxylic acids is 1.